The summed E-state index contributed by atoms with van der Waals surface area (Å²) < 4.78 is 0. The Kier molecular flexibility index (Phi) is 4.39. The Morgan fingerprint density at radius 2 is 1.86 bits per heavy atom. The Hall–Kier alpha value is -3.33. The Morgan fingerprint density at radius 3 is 2.45 bits per heavy atom. The summed E-state index contributed by atoms with van der Waals surface area (Å²) in [5, 5.41) is 20.6. The molecule has 6 heteroatoms. The van der Waals surface area contributed by atoms with Gasteiger partial charge in [0.2, 0.25) is 0 Å². The van der Waals surface area contributed by atoms with E-state index in [4.69, 9.17) is 11.0 Å². The number of carbonyl (C=O) groups is 2. The molecule has 1 amide bonds. The van der Waals surface area contributed by atoms with Crippen molar-refractivity contribution in [3.8, 4) is 6.07 Å². The van der Waals surface area contributed by atoms with Gasteiger partial charge in [0.1, 0.15) is 0 Å². The van der Waals surface area contributed by atoms with Crippen LogP contribution in [0.2, 0.25) is 0 Å². The van der Waals surface area contributed by atoms with Crippen LogP contribution in [0.5, 0.6) is 0 Å². The molecule has 110 valence electrons. The first-order valence-corrected chi connectivity index (χ1v) is 6.41. The molecule has 0 saturated carbocycles. The largest absolute Gasteiger partial charge is 0.479 e. The smallest absolute Gasteiger partial charge is 0.330 e. The molecule has 0 aliphatic heterocycles. The Labute approximate surface area is 126 Å². The number of hydrogen-bond acceptors (Lipinski definition) is 4. The number of carbonyl (C=O) groups excluding carboxylic acids is 1. The van der Waals surface area contributed by atoms with Gasteiger partial charge in [0.25, 0.3) is 5.91 Å². The topological polar surface area (TPSA) is 116 Å². The van der Waals surface area contributed by atoms with Crippen LogP contribution < -0.4 is 11.1 Å². The summed E-state index contributed by atoms with van der Waals surface area (Å²) in [5.74, 6) is -1.83. The van der Waals surface area contributed by atoms with Crippen molar-refractivity contribution in [3.05, 3.63) is 65.2 Å². The van der Waals surface area contributed by atoms with E-state index in [1.165, 1.54) is 18.2 Å². The predicted molar refractivity (Wildman–Crippen MR) is 79.9 cm³/mol. The van der Waals surface area contributed by atoms with Crippen molar-refractivity contribution in [1.82, 2.24) is 5.32 Å². The van der Waals surface area contributed by atoms with Gasteiger partial charge in [0, 0.05) is 5.69 Å². The number of nitrogens with two attached hydrogens (primary N) is 1. The lowest BCUT2D eigenvalue weighted by Gasteiger charge is -2.15. The highest BCUT2D eigenvalue weighted by atomic mass is 16.4. The number of rotatable bonds is 4. The molecule has 22 heavy (non-hydrogen) atoms. The van der Waals surface area contributed by atoms with E-state index in [1.807, 2.05) is 6.07 Å². The first-order valence-electron chi connectivity index (χ1n) is 6.41. The standard InChI is InChI=1S/C16H13N3O3/c17-9-10-6-7-13(18)12(8-10)15(20)19-14(16(21)22)11-4-2-1-3-5-11/h1-8,14H,18H2,(H,19,20)(H,21,22)/t14-/m1/s1. The highest BCUT2D eigenvalue weighted by Crippen LogP contribution is 2.17. The van der Waals surface area contributed by atoms with Gasteiger partial charge in [-0.05, 0) is 23.8 Å². The van der Waals surface area contributed by atoms with Gasteiger partial charge in [-0.1, -0.05) is 30.3 Å². The molecule has 0 unspecified atom stereocenters. The third-order valence-electron chi connectivity index (χ3n) is 3.08. The molecule has 2 rings (SSSR count). The minimum atomic E-state index is -1.20. The Morgan fingerprint density at radius 1 is 1.18 bits per heavy atom. The fourth-order valence-electron chi connectivity index (χ4n) is 1.96. The Balaban J connectivity index is 2.30. The van der Waals surface area contributed by atoms with E-state index in [-0.39, 0.29) is 16.8 Å². The van der Waals surface area contributed by atoms with Crippen molar-refractivity contribution in [2.24, 2.45) is 0 Å². The van der Waals surface area contributed by atoms with Gasteiger partial charge in [-0.25, -0.2) is 4.79 Å². The molecule has 6 nitrogen and oxygen atoms in total. The van der Waals surface area contributed by atoms with Crippen LogP contribution in [0.15, 0.2) is 48.5 Å². The van der Waals surface area contributed by atoms with Crippen molar-refractivity contribution >= 4 is 17.6 Å². The SMILES string of the molecule is N#Cc1ccc(N)c(C(=O)N[C@@H](C(=O)O)c2ccccc2)c1. The second-order valence-electron chi connectivity index (χ2n) is 4.57. The van der Waals surface area contributed by atoms with Crippen molar-refractivity contribution in [2.45, 2.75) is 6.04 Å². The van der Waals surface area contributed by atoms with Gasteiger partial charge in [0.05, 0.1) is 17.2 Å². The number of hydrogen-bond donors (Lipinski definition) is 3. The lowest BCUT2D eigenvalue weighted by molar-refractivity contribution is -0.139. The van der Waals surface area contributed by atoms with Crippen molar-refractivity contribution in [2.75, 3.05) is 5.73 Å². The van der Waals surface area contributed by atoms with E-state index in [9.17, 15) is 14.7 Å². The van der Waals surface area contributed by atoms with Gasteiger partial charge >= 0.3 is 5.97 Å². The van der Waals surface area contributed by atoms with E-state index < -0.39 is 17.9 Å². The van der Waals surface area contributed by atoms with Crippen LogP contribution in [0.3, 0.4) is 0 Å². The number of carboxylic acid groups (broad SMARTS) is 1. The normalized spacial score (nSPS) is 11.2. The van der Waals surface area contributed by atoms with Crippen LogP contribution in [0, 0.1) is 11.3 Å². The van der Waals surface area contributed by atoms with Crippen LogP contribution in [0.4, 0.5) is 5.69 Å². The van der Waals surface area contributed by atoms with E-state index in [0.717, 1.165) is 0 Å². The van der Waals surface area contributed by atoms with E-state index >= 15 is 0 Å². The number of benzene rings is 2. The quantitative estimate of drug-likeness (QED) is 0.742. The highest BCUT2D eigenvalue weighted by Gasteiger charge is 2.23. The van der Waals surface area contributed by atoms with Gasteiger partial charge in [-0.3, -0.25) is 4.79 Å². The summed E-state index contributed by atoms with van der Waals surface area (Å²) in [6, 6.07) is 13.3. The minimum Gasteiger partial charge on any atom is -0.479 e. The molecule has 0 aromatic heterocycles. The number of nitrogens with zero attached hydrogens (tertiary/aromatic N) is 1. The van der Waals surface area contributed by atoms with Crippen LogP contribution >= 0.6 is 0 Å². The molecule has 0 fully saturated rings. The molecular formula is C16H13N3O3. The van der Waals surface area contributed by atoms with E-state index in [1.54, 1.807) is 30.3 Å². The molecule has 0 aliphatic carbocycles. The van der Waals surface area contributed by atoms with Gasteiger partial charge in [-0.2, -0.15) is 5.26 Å². The molecule has 0 aliphatic rings. The maximum Gasteiger partial charge on any atom is 0.330 e. The van der Waals surface area contributed by atoms with Gasteiger partial charge < -0.3 is 16.2 Å². The van der Waals surface area contributed by atoms with Crippen molar-refractivity contribution in [1.29, 1.82) is 5.26 Å². The zero-order valence-corrected chi connectivity index (χ0v) is 11.5. The van der Waals surface area contributed by atoms with Crippen molar-refractivity contribution in [3.63, 3.8) is 0 Å². The molecule has 1 atom stereocenters. The number of nitriles is 1. The number of nitrogens with one attached hydrogen (secondary N) is 1. The molecule has 0 spiro atoms. The fraction of sp³-hybridized carbons (Fsp3) is 0.0625. The average molecular weight is 295 g/mol. The molecular weight excluding hydrogens is 282 g/mol. The summed E-state index contributed by atoms with van der Waals surface area (Å²) in [6.45, 7) is 0. The molecule has 0 saturated heterocycles. The maximum absolute atomic E-state index is 12.3. The molecule has 2 aromatic carbocycles. The zero-order chi connectivity index (χ0) is 16.1. The Bertz CT molecular complexity index is 751. The molecule has 2 aromatic rings. The van der Waals surface area contributed by atoms with E-state index in [0.29, 0.717) is 5.56 Å². The van der Waals surface area contributed by atoms with Crippen LogP contribution in [-0.4, -0.2) is 17.0 Å². The number of amides is 1. The first-order chi connectivity index (χ1) is 10.5. The maximum atomic E-state index is 12.3. The fourth-order valence-corrected chi connectivity index (χ4v) is 1.96. The molecule has 0 heterocycles. The summed E-state index contributed by atoms with van der Waals surface area (Å²) >= 11 is 0. The summed E-state index contributed by atoms with van der Waals surface area (Å²) in [7, 11) is 0. The summed E-state index contributed by atoms with van der Waals surface area (Å²) in [6.07, 6.45) is 0. The minimum absolute atomic E-state index is 0.0706. The first kappa shape index (κ1) is 15.1. The number of carboxylic acids is 1. The predicted octanol–water partition coefficient (Wildman–Crippen LogP) is 1.70. The lowest BCUT2D eigenvalue weighted by Crippen LogP contribution is -2.34. The third kappa shape index (κ3) is 3.22. The average Bonchev–Trinajstić information content (AvgIpc) is 2.53. The molecule has 0 radical (unpaired) electrons. The lowest BCUT2D eigenvalue weighted by atomic mass is 10.0. The third-order valence-corrected chi connectivity index (χ3v) is 3.08. The second-order valence-corrected chi connectivity index (χ2v) is 4.57. The second kappa shape index (κ2) is 6.41. The van der Waals surface area contributed by atoms with Crippen LogP contribution in [0.25, 0.3) is 0 Å². The van der Waals surface area contributed by atoms with E-state index in [2.05, 4.69) is 5.32 Å². The number of aliphatic carboxylic acids is 1. The number of nitrogen functional groups attached to an aromatic ring is 1. The van der Waals surface area contributed by atoms with Crippen LogP contribution in [-0.2, 0) is 4.79 Å². The van der Waals surface area contributed by atoms with Gasteiger partial charge in [0.15, 0.2) is 6.04 Å². The van der Waals surface area contributed by atoms with Crippen molar-refractivity contribution < 1.29 is 14.7 Å². The molecule has 4 N–H and O–H groups in total. The summed E-state index contributed by atoms with van der Waals surface area (Å²) in [5.41, 5.74) is 6.68. The monoisotopic (exact) mass is 295 g/mol. The zero-order valence-electron chi connectivity index (χ0n) is 11.5. The highest BCUT2D eigenvalue weighted by molar-refractivity contribution is 6.01. The summed E-state index contributed by atoms with van der Waals surface area (Å²) in [4.78, 5) is 23.6. The van der Waals surface area contributed by atoms with Gasteiger partial charge in [-0.15, -0.1) is 0 Å². The molecule has 0 bridgehead atoms. The number of anilines is 1. The van der Waals surface area contributed by atoms with Crippen LogP contribution in [0.1, 0.15) is 27.5 Å².